The second-order valence-corrected chi connectivity index (χ2v) is 11.6. The van der Waals surface area contributed by atoms with E-state index in [0.717, 1.165) is 12.1 Å². The van der Waals surface area contributed by atoms with Crippen LogP contribution in [-0.2, 0) is 14.3 Å². The van der Waals surface area contributed by atoms with Crippen LogP contribution in [0.4, 0.5) is 10.5 Å². The lowest BCUT2D eigenvalue weighted by molar-refractivity contribution is -0.138. The summed E-state index contributed by atoms with van der Waals surface area (Å²) < 4.78 is 5.46. The van der Waals surface area contributed by atoms with Gasteiger partial charge >= 0.3 is 6.09 Å². The molecule has 1 aliphatic heterocycles. The van der Waals surface area contributed by atoms with Gasteiger partial charge in [0.25, 0.3) is 0 Å². The molecule has 0 bridgehead atoms. The van der Waals surface area contributed by atoms with E-state index >= 15 is 0 Å². The summed E-state index contributed by atoms with van der Waals surface area (Å²) in [5, 5.41) is 5.54. The summed E-state index contributed by atoms with van der Waals surface area (Å²) in [6.07, 6.45) is 8.38. The third-order valence-electron chi connectivity index (χ3n) is 7.60. The lowest BCUT2D eigenvalue weighted by Gasteiger charge is -2.27. The summed E-state index contributed by atoms with van der Waals surface area (Å²) in [4.78, 5) is 55.1. The highest BCUT2D eigenvalue weighted by molar-refractivity contribution is 6.01. The number of unbranched alkanes of at least 4 members (excludes halogenated alkanes) is 3. The molecule has 9 nitrogen and oxygen atoms in total. The van der Waals surface area contributed by atoms with Gasteiger partial charge in [0, 0.05) is 37.9 Å². The normalized spacial score (nSPS) is 17.3. The average molecular weight is 571 g/mol. The molecule has 2 N–H and O–H groups in total. The largest absolute Gasteiger partial charge is 0.438 e. The van der Waals surface area contributed by atoms with Gasteiger partial charge < -0.3 is 25.2 Å². The maximum absolute atomic E-state index is 13.1. The topological polar surface area (TPSA) is 108 Å². The number of hydrogen-bond donors (Lipinski definition) is 2. The van der Waals surface area contributed by atoms with Gasteiger partial charge in [-0.25, -0.2) is 4.79 Å². The number of likely N-dealkylation sites (tertiary alicyclic amines) is 1. The molecule has 0 aromatic heterocycles. The molecule has 1 saturated heterocycles. The molecular formula is C32H50N4O5. The maximum atomic E-state index is 13.1. The molecule has 2 rings (SSSR count). The number of carbonyl (C=O) groups is 4. The number of nitrogens with one attached hydrogen (secondary N) is 2. The molecular weight excluding hydrogens is 520 g/mol. The van der Waals surface area contributed by atoms with Crippen LogP contribution < -0.4 is 15.5 Å². The first-order valence-corrected chi connectivity index (χ1v) is 15.0. The van der Waals surface area contributed by atoms with Crippen molar-refractivity contribution in [3.8, 4) is 0 Å². The van der Waals surface area contributed by atoms with Gasteiger partial charge in [-0.2, -0.15) is 0 Å². The van der Waals surface area contributed by atoms with E-state index in [1.807, 2.05) is 38.1 Å². The summed E-state index contributed by atoms with van der Waals surface area (Å²) in [6, 6.07) is 6.44. The number of benzene rings is 1. The zero-order chi connectivity index (χ0) is 30.5. The SMILES string of the molecule is CCCCC/C=C\C(C)C(C)NC(=O)[C@@H]1CCCN1C(=O)CNC(=O)OC(C(=O)c1ccc(N(C)C)cc1)C(C)C. The van der Waals surface area contributed by atoms with Crippen molar-refractivity contribution in [2.75, 3.05) is 32.1 Å². The number of anilines is 1. The van der Waals surface area contributed by atoms with Gasteiger partial charge in [-0.15, -0.1) is 0 Å². The Kier molecular flexibility index (Phi) is 13.9. The van der Waals surface area contributed by atoms with Crippen LogP contribution in [0.15, 0.2) is 36.4 Å². The number of rotatable bonds is 15. The molecule has 0 spiro atoms. The van der Waals surface area contributed by atoms with E-state index in [1.54, 1.807) is 26.0 Å². The zero-order valence-corrected chi connectivity index (χ0v) is 25.9. The first-order chi connectivity index (χ1) is 19.5. The fourth-order valence-corrected chi connectivity index (χ4v) is 4.77. The number of amides is 3. The number of alkyl carbamates (subject to hydrolysis) is 1. The lowest BCUT2D eigenvalue weighted by Crippen LogP contribution is -2.51. The molecule has 0 radical (unpaired) electrons. The molecule has 1 fully saturated rings. The maximum Gasteiger partial charge on any atom is 0.408 e. The van der Waals surface area contributed by atoms with Crippen LogP contribution in [0.25, 0.3) is 0 Å². The molecule has 228 valence electrons. The Bertz CT molecular complexity index is 1040. The Morgan fingerprint density at radius 1 is 1.07 bits per heavy atom. The summed E-state index contributed by atoms with van der Waals surface area (Å²) in [7, 11) is 3.82. The number of ketones is 1. The minimum absolute atomic E-state index is 0.0693. The second-order valence-electron chi connectivity index (χ2n) is 11.6. The molecule has 0 saturated carbocycles. The molecule has 41 heavy (non-hydrogen) atoms. The van der Waals surface area contributed by atoms with Gasteiger partial charge in [-0.05, 0) is 68.7 Å². The fraction of sp³-hybridized carbons (Fsp3) is 0.625. The first-order valence-electron chi connectivity index (χ1n) is 15.0. The number of Topliss-reactive ketones (excluding diaryl/α,β-unsaturated/α-hetero) is 1. The Morgan fingerprint density at radius 3 is 2.37 bits per heavy atom. The number of allylic oxidation sites excluding steroid dienone is 1. The average Bonchev–Trinajstić information content (AvgIpc) is 3.44. The second kappa shape index (κ2) is 16.8. The Labute approximate surface area is 246 Å². The number of carbonyl (C=O) groups excluding carboxylic acids is 4. The first kappa shape index (κ1) is 33.8. The summed E-state index contributed by atoms with van der Waals surface area (Å²) in [5.74, 6) is -0.933. The summed E-state index contributed by atoms with van der Waals surface area (Å²) >= 11 is 0. The lowest BCUT2D eigenvalue weighted by atomic mass is 9.97. The monoisotopic (exact) mass is 570 g/mol. The minimum atomic E-state index is -0.996. The number of ether oxygens (including phenoxy) is 1. The van der Waals surface area contributed by atoms with Gasteiger partial charge in [0.1, 0.15) is 12.6 Å². The molecule has 1 aromatic rings. The number of hydrogen-bond acceptors (Lipinski definition) is 6. The van der Waals surface area contributed by atoms with Crippen LogP contribution in [0.2, 0.25) is 0 Å². The standard InChI is InChI=1S/C32H50N4O5/c1-8-9-10-11-12-14-23(4)24(5)34-31(39)27-15-13-20-36(27)28(37)21-33-32(40)41-30(22(2)3)29(38)25-16-18-26(19-17-25)35(6)7/h12,14,16-19,22-24,27,30H,8-11,13,15,20-21H2,1-7H3,(H,33,40)(H,34,39)/b14-12-/t23?,24?,27-,30?/m0/s1. The van der Waals surface area contributed by atoms with Crippen molar-refractivity contribution in [1.82, 2.24) is 15.5 Å². The van der Waals surface area contributed by atoms with Crippen LogP contribution in [0, 0.1) is 11.8 Å². The van der Waals surface area contributed by atoms with E-state index in [2.05, 4.69) is 36.6 Å². The minimum Gasteiger partial charge on any atom is -0.438 e. The molecule has 1 aliphatic rings. The van der Waals surface area contributed by atoms with Crippen LogP contribution in [0.5, 0.6) is 0 Å². The van der Waals surface area contributed by atoms with Crippen molar-refractivity contribution in [2.45, 2.75) is 91.3 Å². The van der Waals surface area contributed by atoms with Gasteiger partial charge in [-0.3, -0.25) is 14.4 Å². The third-order valence-corrected chi connectivity index (χ3v) is 7.60. The van der Waals surface area contributed by atoms with E-state index in [9.17, 15) is 19.2 Å². The van der Waals surface area contributed by atoms with E-state index in [4.69, 9.17) is 4.74 Å². The molecule has 1 heterocycles. The fourth-order valence-electron chi connectivity index (χ4n) is 4.77. The van der Waals surface area contributed by atoms with Gasteiger partial charge in [0.05, 0.1) is 0 Å². The number of nitrogens with zero attached hydrogens (tertiary/aromatic N) is 2. The predicted molar refractivity (Wildman–Crippen MR) is 163 cm³/mol. The van der Waals surface area contributed by atoms with Crippen LogP contribution >= 0.6 is 0 Å². The highest BCUT2D eigenvalue weighted by Gasteiger charge is 2.35. The van der Waals surface area contributed by atoms with Crippen molar-refractivity contribution in [1.29, 1.82) is 0 Å². The highest BCUT2D eigenvalue weighted by Crippen LogP contribution is 2.20. The Morgan fingerprint density at radius 2 is 1.76 bits per heavy atom. The Balaban J connectivity index is 1.89. The zero-order valence-electron chi connectivity index (χ0n) is 25.9. The van der Waals surface area contributed by atoms with E-state index in [1.165, 1.54) is 24.2 Å². The molecule has 9 heteroatoms. The third kappa shape index (κ3) is 10.5. The van der Waals surface area contributed by atoms with E-state index in [-0.39, 0.29) is 42.0 Å². The van der Waals surface area contributed by atoms with E-state index in [0.29, 0.717) is 24.9 Å². The molecule has 0 aliphatic carbocycles. The smallest absolute Gasteiger partial charge is 0.408 e. The van der Waals surface area contributed by atoms with Crippen LogP contribution in [0.3, 0.4) is 0 Å². The van der Waals surface area contributed by atoms with Gasteiger partial charge in [-0.1, -0.05) is 52.7 Å². The molecule has 4 atom stereocenters. The van der Waals surface area contributed by atoms with Gasteiger partial charge in [0.15, 0.2) is 6.10 Å². The summed E-state index contributed by atoms with van der Waals surface area (Å²) in [5.41, 5.74) is 1.40. The molecule has 1 aromatic carbocycles. The Hall–Kier alpha value is -3.36. The van der Waals surface area contributed by atoms with Crippen molar-refractivity contribution in [2.24, 2.45) is 11.8 Å². The van der Waals surface area contributed by atoms with Crippen molar-refractivity contribution < 1.29 is 23.9 Å². The van der Waals surface area contributed by atoms with Gasteiger partial charge in [0.2, 0.25) is 17.6 Å². The predicted octanol–water partition coefficient (Wildman–Crippen LogP) is 4.95. The highest BCUT2D eigenvalue weighted by atomic mass is 16.6. The van der Waals surface area contributed by atoms with Crippen molar-refractivity contribution in [3.05, 3.63) is 42.0 Å². The van der Waals surface area contributed by atoms with Crippen LogP contribution in [-0.4, -0.2) is 74.0 Å². The van der Waals surface area contributed by atoms with E-state index < -0.39 is 18.2 Å². The van der Waals surface area contributed by atoms with Crippen LogP contribution in [0.1, 0.15) is 83.5 Å². The summed E-state index contributed by atoms with van der Waals surface area (Å²) in [6.45, 7) is 9.96. The quantitative estimate of drug-likeness (QED) is 0.175. The van der Waals surface area contributed by atoms with Crippen molar-refractivity contribution >= 4 is 29.4 Å². The molecule has 3 unspecified atom stereocenters. The van der Waals surface area contributed by atoms with Crippen molar-refractivity contribution in [3.63, 3.8) is 0 Å². The molecule has 3 amide bonds.